The number of carbonyl (C=O) groups is 1. The van der Waals surface area contributed by atoms with Gasteiger partial charge in [-0.25, -0.2) is 0 Å². The zero-order valence-corrected chi connectivity index (χ0v) is 9.63. The molecule has 6 heteroatoms. The molecule has 0 aromatic rings. The fourth-order valence-corrected chi connectivity index (χ4v) is 1.45. The second-order valence-corrected chi connectivity index (χ2v) is 4.65. The molecule has 0 aliphatic heterocycles. The van der Waals surface area contributed by atoms with Crippen molar-refractivity contribution in [3.05, 3.63) is 0 Å². The molecule has 0 aromatic carbocycles. The maximum Gasteiger partial charge on any atom is 0.305 e. The van der Waals surface area contributed by atoms with Crippen molar-refractivity contribution in [2.45, 2.75) is 39.4 Å². The van der Waals surface area contributed by atoms with Crippen molar-refractivity contribution in [1.82, 2.24) is 0 Å². The lowest BCUT2D eigenvalue weighted by Gasteiger charge is -2.19. The fraction of sp³-hybridized carbons (Fsp3) is 0.875. The van der Waals surface area contributed by atoms with Gasteiger partial charge in [-0.3, -0.25) is 8.98 Å². The lowest BCUT2D eigenvalue weighted by Crippen LogP contribution is -2.30. The number of carbonyl (C=O) groups excluding carboxylic acids is 1. The zero-order valence-electron chi connectivity index (χ0n) is 8.81. The van der Waals surface area contributed by atoms with Gasteiger partial charge in [-0.15, -0.1) is 0 Å². The smallest absolute Gasteiger partial charge is 0.305 e. The molecule has 5 nitrogen and oxygen atoms in total. The monoisotopic (exact) mass is 224 g/mol. The molecular weight excluding hydrogens is 208 g/mol. The molecule has 0 heterocycles. The highest BCUT2D eigenvalue weighted by atomic mass is 32.2. The molecule has 0 saturated carbocycles. The van der Waals surface area contributed by atoms with Crippen LogP contribution in [-0.4, -0.2) is 32.9 Å². The van der Waals surface area contributed by atoms with Gasteiger partial charge in [-0.05, 0) is 13.8 Å². The molecule has 0 aromatic heterocycles. The van der Waals surface area contributed by atoms with E-state index in [2.05, 4.69) is 4.18 Å². The van der Waals surface area contributed by atoms with Crippen LogP contribution in [0.15, 0.2) is 0 Å². The Morgan fingerprint density at radius 2 is 1.79 bits per heavy atom. The van der Waals surface area contributed by atoms with Crippen LogP contribution in [0.25, 0.3) is 0 Å². The molecule has 0 radical (unpaired) electrons. The quantitative estimate of drug-likeness (QED) is 0.507. The van der Waals surface area contributed by atoms with Crippen molar-refractivity contribution in [3.8, 4) is 0 Å². The largest absolute Gasteiger partial charge is 0.460 e. The average molecular weight is 224 g/mol. The van der Waals surface area contributed by atoms with Gasteiger partial charge >= 0.3 is 5.97 Å². The Bertz CT molecular complexity index is 282. The molecule has 0 N–H and O–H groups in total. The van der Waals surface area contributed by atoms with Crippen molar-refractivity contribution in [2.24, 2.45) is 0 Å². The maximum atomic E-state index is 10.9. The normalized spacial score (nSPS) is 16.0. The van der Waals surface area contributed by atoms with Gasteiger partial charge in [0.1, 0.15) is 12.2 Å². The van der Waals surface area contributed by atoms with Crippen LogP contribution in [-0.2, 0) is 23.8 Å². The Morgan fingerprint density at radius 3 is 2.14 bits per heavy atom. The molecule has 14 heavy (non-hydrogen) atoms. The molecule has 0 fully saturated rings. The Kier molecular flexibility index (Phi) is 5.07. The van der Waals surface area contributed by atoms with E-state index in [0.29, 0.717) is 0 Å². The predicted molar refractivity (Wildman–Crippen MR) is 51.2 cm³/mol. The average Bonchev–Trinajstić information content (AvgIpc) is 2.00. The van der Waals surface area contributed by atoms with Crippen LogP contribution in [0, 0.1) is 0 Å². The van der Waals surface area contributed by atoms with E-state index in [4.69, 9.17) is 4.74 Å². The summed E-state index contributed by atoms with van der Waals surface area (Å²) in [7, 11) is -3.50. The predicted octanol–water partition coefficient (Wildman–Crippen LogP) is 0.693. The van der Waals surface area contributed by atoms with Crippen LogP contribution in [0.1, 0.15) is 27.2 Å². The molecule has 0 unspecified atom stereocenters. The fourth-order valence-electron chi connectivity index (χ4n) is 0.740. The SMILES string of the molecule is CCC(=O)O[C@@H](C)[C@@H](C)OS(C)(=O)=O. The van der Waals surface area contributed by atoms with Crippen molar-refractivity contribution >= 4 is 16.1 Å². The van der Waals surface area contributed by atoms with Gasteiger partial charge in [0.05, 0.1) is 6.26 Å². The molecule has 0 rings (SSSR count). The highest BCUT2D eigenvalue weighted by Gasteiger charge is 2.20. The van der Waals surface area contributed by atoms with Gasteiger partial charge in [0.25, 0.3) is 10.1 Å². The summed E-state index contributed by atoms with van der Waals surface area (Å²) in [6.07, 6.45) is -0.0222. The molecule has 0 spiro atoms. The van der Waals surface area contributed by atoms with Gasteiger partial charge in [0.2, 0.25) is 0 Å². The van der Waals surface area contributed by atoms with Crippen LogP contribution in [0.4, 0.5) is 0 Å². The van der Waals surface area contributed by atoms with Crippen molar-refractivity contribution in [3.63, 3.8) is 0 Å². The lowest BCUT2D eigenvalue weighted by molar-refractivity contribution is -0.151. The molecule has 0 bridgehead atoms. The molecule has 0 aliphatic rings. The minimum atomic E-state index is -3.50. The minimum Gasteiger partial charge on any atom is -0.460 e. The van der Waals surface area contributed by atoms with Gasteiger partial charge in [0.15, 0.2) is 0 Å². The van der Waals surface area contributed by atoms with E-state index >= 15 is 0 Å². The second-order valence-electron chi connectivity index (χ2n) is 3.05. The van der Waals surface area contributed by atoms with E-state index in [1.807, 2.05) is 0 Å². The molecule has 84 valence electrons. The summed E-state index contributed by atoms with van der Waals surface area (Å²) in [5.41, 5.74) is 0. The van der Waals surface area contributed by atoms with Gasteiger partial charge in [-0.1, -0.05) is 6.92 Å². The first kappa shape index (κ1) is 13.4. The van der Waals surface area contributed by atoms with Crippen LogP contribution >= 0.6 is 0 Å². The first-order chi connectivity index (χ1) is 6.26. The van der Waals surface area contributed by atoms with Gasteiger partial charge in [0, 0.05) is 6.42 Å². The van der Waals surface area contributed by atoms with E-state index in [1.54, 1.807) is 13.8 Å². The van der Waals surface area contributed by atoms with E-state index in [9.17, 15) is 13.2 Å². The molecule has 2 atom stereocenters. The Morgan fingerprint density at radius 1 is 1.29 bits per heavy atom. The Hall–Kier alpha value is -0.620. The van der Waals surface area contributed by atoms with Gasteiger partial charge < -0.3 is 4.74 Å². The third-order valence-electron chi connectivity index (χ3n) is 1.59. The highest BCUT2D eigenvalue weighted by Crippen LogP contribution is 2.07. The van der Waals surface area contributed by atoms with E-state index in [-0.39, 0.29) is 12.4 Å². The number of hydrogen-bond acceptors (Lipinski definition) is 5. The summed E-state index contributed by atoms with van der Waals surface area (Å²) in [4.78, 5) is 10.9. The first-order valence-corrected chi connectivity index (χ1v) is 6.15. The minimum absolute atomic E-state index is 0.260. The van der Waals surface area contributed by atoms with Crippen LogP contribution < -0.4 is 0 Å². The standard InChI is InChI=1S/C8H16O5S/c1-5-8(9)12-6(2)7(3)13-14(4,10)11/h6-7H,5H2,1-4H3/t6-,7+/m0/s1. The number of hydrogen-bond donors (Lipinski definition) is 0. The maximum absolute atomic E-state index is 10.9. The Balaban J connectivity index is 4.13. The summed E-state index contributed by atoms with van der Waals surface area (Å²) in [6.45, 7) is 4.79. The summed E-state index contributed by atoms with van der Waals surface area (Å²) in [5.74, 6) is -0.374. The van der Waals surface area contributed by atoms with Gasteiger partial charge in [-0.2, -0.15) is 8.42 Å². The third kappa shape index (κ3) is 5.93. The van der Waals surface area contributed by atoms with Crippen LogP contribution in [0.3, 0.4) is 0 Å². The van der Waals surface area contributed by atoms with E-state index in [1.165, 1.54) is 6.92 Å². The summed E-state index contributed by atoms with van der Waals surface area (Å²) in [5, 5.41) is 0. The summed E-state index contributed by atoms with van der Waals surface area (Å²) >= 11 is 0. The topological polar surface area (TPSA) is 69.7 Å². The summed E-state index contributed by atoms with van der Waals surface area (Å²) in [6, 6.07) is 0. The highest BCUT2D eigenvalue weighted by molar-refractivity contribution is 7.86. The van der Waals surface area contributed by atoms with Crippen LogP contribution in [0.5, 0.6) is 0 Å². The third-order valence-corrected chi connectivity index (χ3v) is 2.25. The second kappa shape index (κ2) is 5.31. The zero-order chi connectivity index (χ0) is 11.4. The van der Waals surface area contributed by atoms with Crippen molar-refractivity contribution in [1.29, 1.82) is 0 Å². The number of ether oxygens (including phenoxy) is 1. The van der Waals surface area contributed by atoms with E-state index < -0.39 is 22.3 Å². The molecular formula is C8H16O5S. The number of esters is 1. The lowest BCUT2D eigenvalue weighted by atomic mass is 10.2. The molecule has 0 saturated heterocycles. The van der Waals surface area contributed by atoms with E-state index in [0.717, 1.165) is 6.26 Å². The van der Waals surface area contributed by atoms with Crippen molar-refractivity contribution < 1.29 is 22.1 Å². The molecule has 0 amide bonds. The Labute approximate surface area is 84.5 Å². The molecule has 0 aliphatic carbocycles. The number of rotatable bonds is 5. The first-order valence-electron chi connectivity index (χ1n) is 4.34. The summed E-state index contributed by atoms with van der Waals surface area (Å²) < 4.78 is 31.0. The van der Waals surface area contributed by atoms with Crippen LogP contribution in [0.2, 0.25) is 0 Å². The van der Waals surface area contributed by atoms with Crippen molar-refractivity contribution in [2.75, 3.05) is 6.26 Å².